The number of ether oxygens (including phenoxy) is 2. The Bertz CT molecular complexity index is 707. The van der Waals surface area contributed by atoms with Crippen molar-refractivity contribution < 1.29 is 19.1 Å². The van der Waals surface area contributed by atoms with Crippen LogP contribution in [0.4, 0.5) is 0 Å². The fraction of sp³-hybridized carbons (Fsp3) is 0.375. The van der Waals surface area contributed by atoms with E-state index >= 15 is 0 Å². The largest absolute Gasteiger partial charge is 0.491 e. The second-order valence-corrected chi connectivity index (χ2v) is 5.21. The third kappa shape index (κ3) is 2.77. The minimum atomic E-state index is -0.389. The number of aromatic nitrogens is 1. The molecule has 0 spiro atoms. The van der Waals surface area contributed by atoms with Crippen LogP contribution in [0.15, 0.2) is 24.3 Å². The van der Waals surface area contributed by atoms with Gasteiger partial charge in [0, 0.05) is 11.9 Å². The lowest BCUT2D eigenvalue weighted by molar-refractivity contribution is -0.123. The summed E-state index contributed by atoms with van der Waals surface area (Å²) in [6, 6.07) is 7.31. The maximum Gasteiger partial charge on any atom is 0.354 e. The Kier molecular flexibility index (Phi) is 4.00. The maximum absolute atomic E-state index is 11.8. The van der Waals surface area contributed by atoms with Crippen LogP contribution < -0.4 is 10.1 Å². The molecule has 6 nitrogen and oxygen atoms in total. The number of para-hydroxylation sites is 1. The summed E-state index contributed by atoms with van der Waals surface area (Å²) in [5.74, 6) is 0.160. The highest BCUT2D eigenvalue weighted by molar-refractivity contribution is 5.96. The maximum atomic E-state index is 11.8. The van der Waals surface area contributed by atoms with E-state index in [1.807, 2.05) is 18.2 Å². The molecule has 2 N–H and O–H groups in total. The fourth-order valence-electron chi connectivity index (χ4n) is 2.56. The van der Waals surface area contributed by atoms with Gasteiger partial charge in [-0.3, -0.25) is 4.79 Å². The molecule has 2 heterocycles. The summed E-state index contributed by atoms with van der Waals surface area (Å²) in [5.41, 5.74) is 1.13. The Labute approximate surface area is 127 Å². The number of carbonyl (C=O) groups is 2. The minimum Gasteiger partial charge on any atom is -0.491 e. The van der Waals surface area contributed by atoms with Crippen LogP contribution in [0.5, 0.6) is 5.75 Å². The predicted octanol–water partition coefficient (Wildman–Crippen LogP) is 1.86. The molecule has 1 aromatic carbocycles. The Hall–Kier alpha value is -2.50. The molecule has 116 valence electrons. The summed E-state index contributed by atoms with van der Waals surface area (Å²) in [6.45, 7) is 3.13. The monoisotopic (exact) mass is 302 g/mol. The number of esters is 1. The third-order valence-electron chi connectivity index (χ3n) is 3.72. The van der Waals surface area contributed by atoms with Crippen molar-refractivity contribution in [2.24, 2.45) is 5.92 Å². The Morgan fingerprint density at radius 1 is 1.41 bits per heavy atom. The molecule has 1 unspecified atom stereocenters. The smallest absolute Gasteiger partial charge is 0.354 e. The molecule has 22 heavy (non-hydrogen) atoms. The summed E-state index contributed by atoms with van der Waals surface area (Å²) < 4.78 is 10.8. The topological polar surface area (TPSA) is 80.4 Å². The van der Waals surface area contributed by atoms with Crippen molar-refractivity contribution in [2.45, 2.75) is 13.3 Å². The lowest BCUT2D eigenvalue weighted by Gasteiger charge is -2.10. The Morgan fingerprint density at radius 3 is 3.00 bits per heavy atom. The van der Waals surface area contributed by atoms with Crippen LogP contribution in [-0.2, 0) is 9.53 Å². The second-order valence-electron chi connectivity index (χ2n) is 5.21. The zero-order chi connectivity index (χ0) is 15.5. The lowest BCUT2D eigenvalue weighted by Crippen LogP contribution is -2.23. The first-order valence-electron chi connectivity index (χ1n) is 7.38. The van der Waals surface area contributed by atoms with Crippen molar-refractivity contribution in [2.75, 3.05) is 19.8 Å². The standard InChI is InChI=1S/C16H18N2O4/c1-2-21-16(20)12-8-10-4-3-5-13(14(10)18-12)22-9-11-6-7-17-15(11)19/h3-5,8,11,18H,2,6-7,9H2,1H3,(H,17,19). The molecule has 1 atom stereocenters. The van der Waals surface area contributed by atoms with Gasteiger partial charge in [0.1, 0.15) is 11.4 Å². The van der Waals surface area contributed by atoms with Crippen molar-refractivity contribution in [1.29, 1.82) is 0 Å². The van der Waals surface area contributed by atoms with Gasteiger partial charge in [-0.05, 0) is 25.5 Å². The highest BCUT2D eigenvalue weighted by atomic mass is 16.5. The SMILES string of the molecule is CCOC(=O)c1cc2cccc(OCC3CCNC3=O)c2[nH]1. The van der Waals surface area contributed by atoms with Gasteiger partial charge in [0.25, 0.3) is 0 Å². The van der Waals surface area contributed by atoms with Gasteiger partial charge in [0.05, 0.1) is 24.6 Å². The zero-order valence-corrected chi connectivity index (χ0v) is 12.3. The number of carbonyl (C=O) groups excluding carboxylic acids is 2. The first kappa shape index (κ1) is 14.4. The van der Waals surface area contributed by atoms with Crippen LogP contribution in [0.3, 0.4) is 0 Å². The van der Waals surface area contributed by atoms with E-state index in [9.17, 15) is 9.59 Å². The van der Waals surface area contributed by atoms with E-state index in [0.717, 1.165) is 17.3 Å². The van der Waals surface area contributed by atoms with Crippen molar-refractivity contribution in [1.82, 2.24) is 10.3 Å². The van der Waals surface area contributed by atoms with Gasteiger partial charge in [-0.15, -0.1) is 0 Å². The molecule has 6 heteroatoms. The fourth-order valence-corrected chi connectivity index (χ4v) is 2.56. The van der Waals surface area contributed by atoms with Gasteiger partial charge < -0.3 is 19.8 Å². The van der Waals surface area contributed by atoms with E-state index in [2.05, 4.69) is 10.3 Å². The van der Waals surface area contributed by atoms with Crippen LogP contribution in [0.1, 0.15) is 23.8 Å². The second kappa shape index (κ2) is 6.09. The van der Waals surface area contributed by atoms with Gasteiger partial charge in [0.15, 0.2) is 0 Å². The molecule has 1 amide bonds. The van der Waals surface area contributed by atoms with Crippen LogP contribution in [0.25, 0.3) is 10.9 Å². The van der Waals surface area contributed by atoms with Gasteiger partial charge in [-0.25, -0.2) is 4.79 Å². The molecular weight excluding hydrogens is 284 g/mol. The van der Waals surface area contributed by atoms with Crippen LogP contribution >= 0.6 is 0 Å². The lowest BCUT2D eigenvalue weighted by atomic mass is 10.1. The molecule has 1 aliphatic rings. The Morgan fingerprint density at radius 2 is 2.27 bits per heavy atom. The summed E-state index contributed by atoms with van der Waals surface area (Å²) >= 11 is 0. The number of H-pyrrole nitrogens is 1. The molecule has 1 saturated heterocycles. The average Bonchev–Trinajstić information content (AvgIpc) is 3.11. The predicted molar refractivity (Wildman–Crippen MR) is 80.9 cm³/mol. The molecule has 1 aliphatic heterocycles. The molecule has 0 saturated carbocycles. The summed E-state index contributed by atoms with van der Waals surface area (Å²) in [7, 11) is 0. The van der Waals surface area contributed by atoms with E-state index in [-0.39, 0.29) is 17.8 Å². The van der Waals surface area contributed by atoms with Gasteiger partial charge in [-0.2, -0.15) is 0 Å². The quantitative estimate of drug-likeness (QED) is 0.826. The van der Waals surface area contributed by atoms with Gasteiger partial charge in [-0.1, -0.05) is 12.1 Å². The highest BCUT2D eigenvalue weighted by Gasteiger charge is 2.25. The zero-order valence-electron chi connectivity index (χ0n) is 12.3. The first-order valence-corrected chi connectivity index (χ1v) is 7.38. The number of hydrogen-bond acceptors (Lipinski definition) is 4. The summed E-state index contributed by atoms with van der Waals surface area (Å²) in [5, 5.41) is 3.66. The van der Waals surface area contributed by atoms with E-state index in [0.29, 0.717) is 31.2 Å². The van der Waals surface area contributed by atoms with Crippen molar-refractivity contribution in [3.8, 4) is 5.75 Å². The molecule has 0 aliphatic carbocycles. The number of fused-ring (bicyclic) bond motifs is 1. The highest BCUT2D eigenvalue weighted by Crippen LogP contribution is 2.27. The van der Waals surface area contributed by atoms with Crippen LogP contribution in [0, 0.1) is 5.92 Å². The molecule has 0 bridgehead atoms. The normalized spacial score (nSPS) is 17.5. The number of nitrogens with one attached hydrogen (secondary N) is 2. The minimum absolute atomic E-state index is 0.0332. The molecular formula is C16H18N2O4. The first-order chi connectivity index (χ1) is 10.7. The number of amides is 1. The van der Waals surface area contributed by atoms with E-state index in [4.69, 9.17) is 9.47 Å². The molecule has 1 fully saturated rings. The third-order valence-corrected chi connectivity index (χ3v) is 3.72. The number of aromatic amines is 1. The van der Waals surface area contributed by atoms with E-state index in [1.165, 1.54) is 0 Å². The number of rotatable bonds is 5. The summed E-state index contributed by atoms with van der Waals surface area (Å²) in [4.78, 5) is 26.4. The van der Waals surface area contributed by atoms with Gasteiger partial charge in [0.2, 0.25) is 5.91 Å². The molecule has 2 aromatic rings. The number of hydrogen-bond donors (Lipinski definition) is 2. The van der Waals surface area contributed by atoms with Crippen LogP contribution in [0.2, 0.25) is 0 Å². The van der Waals surface area contributed by atoms with Crippen molar-refractivity contribution >= 4 is 22.8 Å². The van der Waals surface area contributed by atoms with E-state index in [1.54, 1.807) is 13.0 Å². The summed E-state index contributed by atoms with van der Waals surface area (Å²) in [6.07, 6.45) is 0.785. The molecule has 1 aromatic heterocycles. The molecule has 0 radical (unpaired) electrons. The molecule has 3 rings (SSSR count). The van der Waals surface area contributed by atoms with Crippen LogP contribution in [-0.4, -0.2) is 36.6 Å². The van der Waals surface area contributed by atoms with Crippen molar-refractivity contribution in [3.63, 3.8) is 0 Å². The van der Waals surface area contributed by atoms with Crippen molar-refractivity contribution in [3.05, 3.63) is 30.0 Å². The van der Waals surface area contributed by atoms with Gasteiger partial charge >= 0.3 is 5.97 Å². The van der Waals surface area contributed by atoms with E-state index < -0.39 is 0 Å². The Balaban J connectivity index is 1.80. The number of benzene rings is 1. The average molecular weight is 302 g/mol.